The van der Waals surface area contributed by atoms with E-state index in [0.717, 1.165) is 10.9 Å². The summed E-state index contributed by atoms with van der Waals surface area (Å²) < 4.78 is 1.74. The van der Waals surface area contributed by atoms with E-state index in [-0.39, 0.29) is 5.91 Å². The molecule has 0 bridgehead atoms. The van der Waals surface area contributed by atoms with E-state index < -0.39 is 0 Å². The van der Waals surface area contributed by atoms with Gasteiger partial charge in [0.2, 0.25) is 0 Å². The Balaban J connectivity index is 2.51. The van der Waals surface area contributed by atoms with Crippen LogP contribution in [0.4, 0.5) is 0 Å². The largest absolute Gasteiger partial charge is 0.345 e. The Morgan fingerprint density at radius 2 is 2.13 bits per heavy atom. The van der Waals surface area contributed by atoms with Crippen LogP contribution in [-0.2, 0) is 7.05 Å². The lowest BCUT2D eigenvalue weighted by Gasteiger charge is -2.09. The van der Waals surface area contributed by atoms with Crippen LogP contribution in [0.15, 0.2) is 24.4 Å². The minimum absolute atomic E-state index is 0.00236. The zero-order valence-corrected chi connectivity index (χ0v) is 9.06. The van der Waals surface area contributed by atoms with Gasteiger partial charge in [-0.1, -0.05) is 6.07 Å². The minimum atomic E-state index is 0.00236. The third-order valence-electron chi connectivity index (χ3n) is 2.27. The van der Waals surface area contributed by atoms with Crippen molar-refractivity contribution in [3.63, 3.8) is 0 Å². The fraction of sp³-hybridized carbons (Fsp3) is 0.273. The Bertz CT molecular complexity index is 514. The number of carbonyl (C=O) groups is 1. The summed E-state index contributed by atoms with van der Waals surface area (Å²) in [6, 6.07) is 5.56. The first-order valence-electron chi connectivity index (χ1n) is 4.73. The second-order valence-electron chi connectivity index (χ2n) is 3.78. The number of hydrogen-bond acceptors (Lipinski definition) is 2. The summed E-state index contributed by atoms with van der Waals surface area (Å²) in [4.78, 5) is 13.2. The fourth-order valence-corrected chi connectivity index (χ4v) is 1.53. The Labute approximate surface area is 88.1 Å². The zero-order valence-electron chi connectivity index (χ0n) is 9.06. The lowest BCUT2D eigenvalue weighted by molar-refractivity contribution is 0.0828. The Morgan fingerprint density at radius 1 is 1.40 bits per heavy atom. The van der Waals surface area contributed by atoms with Crippen molar-refractivity contribution in [2.45, 2.75) is 0 Å². The lowest BCUT2D eigenvalue weighted by atomic mass is 10.1. The first-order chi connectivity index (χ1) is 7.08. The molecule has 15 heavy (non-hydrogen) atoms. The number of benzene rings is 1. The van der Waals surface area contributed by atoms with Crippen LogP contribution in [0.5, 0.6) is 0 Å². The van der Waals surface area contributed by atoms with Gasteiger partial charge in [0.05, 0.1) is 5.52 Å². The van der Waals surface area contributed by atoms with Crippen molar-refractivity contribution in [2.75, 3.05) is 14.1 Å². The second-order valence-corrected chi connectivity index (χ2v) is 3.78. The number of carbonyl (C=O) groups excluding carboxylic acids is 1. The van der Waals surface area contributed by atoms with Crippen LogP contribution in [0.1, 0.15) is 10.4 Å². The van der Waals surface area contributed by atoms with Crippen molar-refractivity contribution < 1.29 is 4.79 Å². The molecule has 1 amide bonds. The molecule has 1 aromatic heterocycles. The van der Waals surface area contributed by atoms with Crippen LogP contribution in [0.25, 0.3) is 10.9 Å². The van der Waals surface area contributed by atoms with Gasteiger partial charge in [-0.3, -0.25) is 9.48 Å². The van der Waals surface area contributed by atoms with Gasteiger partial charge < -0.3 is 4.90 Å². The standard InChI is InChI=1S/C11H13N3O/c1-13(2)11(15)8-4-5-9-7-14(3)12-10(9)6-8/h4-7H,1-3H3. The molecule has 1 aromatic carbocycles. The molecule has 0 aliphatic rings. The van der Waals surface area contributed by atoms with E-state index in [1.54, 1.807) is 23.7 Å². The maximum atomic E-state index is 11.7. The van der Waals surface area contributed by atoms with Gasteiger partial charge in [0.25, 0.3) is 5.91 Å². The molecule has 4 nitrogen and oxygen atoms in total. The first kappa shape index (κ1) is 9.71. The molecular formula is C11H13N3O. The van der Waals surface area contributed by atoms with Gasteiger partial charge in [0.15, 0.2) is 0 Å². The quantitative estimate of drug-likeness (QED) is 0.700. The zero-order chi connectivity index (χ0) is 11.0. The average molecular weight is 203 g/mol. The van der Waals surface area contributed by atoms with Gasteiger partial charge >= 0.3 is 0 Å². The second kappa shape index (κ2) is 3.38. The van der Waals surface area contributed by atoms with E-state index in [1.165, 1.54) is 0 Å². The van der Waals surface area contributed by atoms with Crippen LogP contribution in [0, 0.1) is 0 Å². The van der Waals surface area contributed by atoms with Crippen molar-refractivity contribution >= 4 is 16.8 Å². The van der Waals surface area contributed by atoms with Gasteiger partial charge in [-0.25, -0.2) is 0 Å². The van der Waals surface area contributed by atoms with Gasteiger partial charge in [-0.15, -0.1) is 0 Å². The lowest BCUT2D eigenvalue weighted by Crippen LogP contribution is -2.21. The number of fused-ring (bicyclic) bond motifs is 1. The van der Waals surface area contributed by atoms with Crippen LogP contribution in [0.2, 0.25) is 0 Å². The summed E-state index contributed by atoms with van der Waals surface area (Å²) in [6.07, 6.45) is 1.93. The summed E-state index contributed by atoms with van der Waals surface area (Å²) in [7, 11) is 5.35. The summed E-state index contributed by atoms with van der Waals surface area (Å²) in [6.45, 7) is 0. The van der Waals surface area contributed by atoms with Crippen LogP contribution in [-0.4, -0.2) is 34.7 Å². The average Bonchev–Trinajstić information content (AvgIpc) is 2.55. The molecule has 0 atom stereocenters. The van der Waals surface area contributed by atoms with E-state index in [2.05, 4.69) is 5.10 Å². The highest BCUT2D eigenvalue weighted by molar-refractivity contribution is 5.97. The third-order valence-corrected chi connectivity index (χ3v) is 2.27. The Kier molecular flexibility index (Phi) is 2.19. The van der Waals surface area contributed by atoms with Crippen molar-refractivity contribution in [3.05, 3.63) is 30.0 Å². The fourth-order valence-electron chi connectivity index (χ4n) is 1.53. The maximum absolute atomic E-state index is 11.7. The third kappa shape index (κ3) is 1.70. The predicted octanol–water partition coefficient (Wildman–Crippen LogP) is 1.28. The molecule has 0 saturated carbocycles. The van der Waals surface area contributed by atoms with E-state index >= 15 is 0 Å². The topological polar surface area (TPSA) is 38.1 Å². The minimum Gasteiger partial charge on any atom is -0.345 e. The summed E-state index contributed by atoms with van der Waals surface area (Å²) in [5, 5.41) is 5.31. The van der Waals surface area contributed by atoms with Gasteiger partial charge in [0, 0.05) is 38.3 Å². The highest BCUT2D eigenvalue weighted by atomic mass is 16.2. The van der Waals surface area contributed by atoms with Crippen molar-refractivity contribution in [3.8, 4) is 0 Å². The molecule has 78 valence electrons. The molecule has 0 spiro atoms. The van der Waals surface area contributed by atoms with Crippen LogP contribution < -0.4 is 0 Å². The number of aryl methyl sites for hydroxylation is 1. The SMILES string of the molecule is CN(C)C(=O)c1ccc2cn(C)nc2c1. The number of rotatable bonds is 1. The Morgan fingerprint density at radius 3 is 2.80 bits per heavy atom. The highest BCUT2D eigenvalue weighted by Crippen LogP contribution is 2.14. The summed E-state index contributed by atoms with van der Waals surface area (Å²) in [5.41, 5.74) is 1.52. The van der Waals surface area contributed by atoms with Gasteiger partial charge in [0.1, 0.15) is 0 Å². The van der Waals surface area contributed by atoms with Crippen molar-refractivity contribution in [1.82, 2.24) is 14.7 Å². The Hall–Kier alpha value is -1.84. The van der Waals surface area contributed by atoms with E-state index in [1.807, 2.05) is 31.4 Å². The number of hydrogen-bond donors (Lipinski definition) is 0. The number of aromatic nitrogens is 2. The molecule has 4 heteroatoms. The molecule has 0 N–H and O–H groups in total. The molecule has 2 aromatic rings. The highest BCUT2D eigenvalue weighted by Gasteiger charge is 2.09. The van der Waals surface area contributed by atoms with E-state index in [4.69, 9.17) is 0 Å². The molecule has 0 aliphatic carbocycles. The normalized spacial score (nSPS) is 10.6. The smallest absolute Gasteiger partial charge is 0.253 e. The first-order valence-corrected chi connectivity index (χ1v) is 4.73. The van der Waals surface area contributed by atoms with Gasteiger partial charge in [-0.2, -0.15) is 5.10 Å². The number of amides is 1. The summed E-state index contributed by atoms with van der Waals surface area (Å²) in [5.74, 6) is 0.00236. The molecular weight excluding hydrogens is 190 g/mol. The molecule has 0 fully saturated rings. The van der Waals surface area contributed by atoms with Crippen molar-refractivity contribution in [2.24, 2.45) is 7.05 Å². The molecule has 2 rings (SSSR count). The van der Waals surface area contributed by atoms with Crippen LogP contribution >= 0.6 is 0 Å². The van der Waals surface area contributed by atoms with Crippen LogP contribution in [0.3, 0.4) is 0 Å². The molecule has 0 unspecified atom stereocenters. The predicted molar refractivity (Wildman–Crippen MR) is 58.7 cm³/mol. The monoisotopic (exact) mass is 203 g/mol. The maximum Gasteiger partial charge on any atom is 0.253 e. The van der Waals surface area contributed by atoms with Gasteiger partial charge in [-0.05, 0) is 12.1 Å². The number of nitrogens with zero attached hydrogens (tertiary/aromatic N) is 3. The van der Waals surface area contributed by atoms with E-state index in [9.17, 15) is 4.79 Å². The molecule has 0 aliphatic heterocycles. The van der Waals surface area contributed by atoms with E-state index in [0.29, 0.717) is 5.56 Å². The van der Waals surface area contributed by atoms with Crippen molar-refractivity contribution in [1.29, 1.82) is 0 Å². The molecule has 0 saturated heterocycles. The molecule has 1 heterocycles. The molecule has 0 radical (unpaired) electrons. The summed E-state index contributed by atoms with van der Waals surface area (Å²) >= 11 is 0.